The van der Waals surface area contributed by atoms with Crippen molar-refractivity contribution in [3.05, 3.63) is 38.8 Å². The second-order valence-corrected chi connectivity index (χ2v) is 6.36. The van der Waals surface area contributed by atoms with E-state index in [1.54, 1.807) is 13.1 Å². The number of esters is 1. The summed E-state index contributed by atoms with van der Waals surface area (Å²) in [6.07, 6.45) is 1.61. The molecule has 2 aromatic rings. The van der Waals surface area contributed by atoms with E-state index < -0.39 is 0 Å². The van der Waals surface area contributed by atoms with Crippen molar-refractivity contribution in [2.75, 3.05) is 11.9 Å². The second kappa shape index (κ2) is 7.20. The normalized spacial score (nSPS) is 11.1. The molecule has 0 aliphatic carbocycles. The summed E-state index contributed by atoms with van der Waals surface area (Å²) in [5.74, 6) is -0.321. The summed E-state index contributed by atoms with van der Waals surface area (Å²) >= 11 is 2.73. The zero-order valence-electron chi connectivity index (χ0n) is 12.5. The molecule has 22 heavy (non-hydrogen) atoms. The Morgan fingerprint density at radius 3 is 2.91 bits per heavy atom. The molecule has 2 rings (SSSR count). The molecule has 2 aromatic heterocycles. The molecular formula is C15H15N3O2S2. The van der Waals surface area contributed by atoms with Gasteiger partial charge in [-0.1, -0.05) is 0 Å². The van der Waals surface area contributed by atoms with Gasteiger partial charge in [0.1, 0.15) is 21.5 Å². The molecule has 0 amide bonds. The molecule has 0 spiro atoms. The van der Waals surface area contributed by atoms with Crippen molar-refractivity contribution in [2.24, 2.45) is 0 Å². The lowest BCUT2D eigenvalue weighted by molar-refractivity contribution is 0.0531. The van der Waals surface area contributed by atoms with E-state index in [-0.39, 0.29) is 5.97 Å². The van der Waals surface area contributed by atoms with Crippen LogP contribution in [0.25, 0.3) is 5.57 Å². The zero-order valence-corrected chi connectivity index (χ0v) is 14.1. The number of rotatable bonds is 5. The molecule has 0 saturated carbocycles. The fourth-order valence-electron chi connectivity index (χ4n) is 1.72. The van der Waals surface area contributed by atoms with E-state index >= 15 is 0 Å². The lowest BCUT2D eigenvalue weighted by Crippen LogP contribution is -2.03. The number of nitrogens with zero attached hydrogens (tertiary/aromatic N) is 2. The molecule has 0 fully saturated rings. The Labute approximate surface area is 136 Å². The molecule has 0 saturated heterocycles. The third kappa shape index (κ3) is 3.72. The van der Waals surface area contributed by atoms with E-state index in [0.29, 0.717) is 22.1 Å². The fraction of sp³-hybridized carbons (Fsp3) is 0.267. The number of carbonyl (C=O) groups excluding carboxylic acids is 1. The molecule has 0 radical (unpaired) electrons. The first kappa shape index (κ1) is 16.2. The number of aryl methyl sites for hydroxylation is 2. The lowest BCUT2D eigenvalue weighted by atomic mass is 10.3. The third-order valence-electron chi connectivity index (χ3n) is 2.71. The van der Waals surface area contributed by atoms with Gasteiger partial charge in [-0.3, -0.25) is 0 Å². The minimum absolute atomic E-state index is 0.321. The monoisotopic (exact) mass is 333 g/mol. The highest BCUT2D eigenvalue weighted by Gasteiger charge is 2.14. The Balaban J connectivity index is 2.17. The number of carbonyl (C=O) groups is 1. The van der Waals surface area contributed by atoms with E-state index in [1.165, 1.54) is 22.7 Å². The van der Waals surface area contributed by atoms with Crippen LogP contribution >= 0.6 is 22.7 Å². The Morgan fingerprint density at radius 2 is 2.32 bits per heavy atom. The number of thiazole rings is 1. The number of nitrogens with one attached hydrogen (secondary N) is 1. The Hall–Kier alpha value is -2.17. The van der Waals surface area contributed by atoms with Crippen LogP contribution in [0, 0.1) is 25.2 Å². The SMILES string of the molecule is CCOC(=O)c1sc(N/C=C(\C#N)c2nc(C)cs2)cc1C. The smallest absolute Gasteiger partial charge is 0.348 e. The first-order chi connectivity index (χ1) is 10.5. The summed E-state index contributed by atoms with van der Waals surface area (Å²) in [6, 6.07) is 3.98. The van der Waals surface area contributed by atoms with Crippen LogP contribution in [0.4, 0.5) is 5.00 Å². The molecule has 5 nitrogen and oxygen atoms in total. The van der Waals surface area contributed by atoms with Crippen molar-refractivity contribution in [2.45, 2.75) is 20.8 Å². The minimum Gasteiger partial charge on any atom is -0.462 e. The lowest BCUT2D eigenvalue weighted by Gasteiger charge is -1.99. The molecule has 0 bridgehead atoms. The molecule has 0 aliphatic rings. The number of hydrogen-bond donors (Lipinski definition) is 1. The van der Waals surface area contributed by atoms with Crippen LogP contribution in [0.15, 0.2) is 17.6 Å². The molecule has 2 heterocycles. The van der Waals surface area contributed by atoms with E-state index in [9.17, 15) is 10.1 Å². The predicted octanol–water partition coefficient (Wildman–Crippen LogP) is 3.97. The largest absolute Gasteiger partial charge is 0.462 e. The molecule has 7 heteroatoms. The van der Waals surface area contributed by atoms with Crippen LogP contribution in [0.5, 0.6) is 0 Å². The Morgan fingerprint density at radius 1 is 1.55 bits per heavy atom. The van der Waals surface area contributed by atoms with Gasteiger partial charge in [-0.15, -0.1) is 22.7 Å². The average Bonchev–Trinajstić information content (AvgIpc) is 3.06. The Bertz CT molecular complexity index is 753. The fourth-order valence-corrected chi connectivity index (χ4v) is 3.41. The Kier molecular flexibility index (Phi) is 5.31. The van der Waals surface area contributed by atoms with Gasteiger partial charge < -0.3 is 10.1 Å². The van der Waals surface area contributed by atoms with Gasteiger partial charge in [0.2, 0.25) is 0 Å². The second-order valence-electron chi connectivity index (χ2n) is 4.45. The number of anilines is 1. The summed E-state index contributed by atoms with van der Waals surface area (Å²) in [5.41, 5.74) is 2.20. The summed E-state index contributed by atoms with van der Waals surface area (Å²) in [6.45, 7) is 5.86. The van der Waals surface area contributed by atoms with E-state index in [4.69, 9.17) is 4.74 Å². The highest BCUT2D eigenvalue weighted by atomic mass is 32.1. The maximum absolute atomic E-state index is 11.8. The molecule has 114 valence electrons. The van der Waals surface area contributed by atoms with Gasteiger partial charge in [-0.2, -0.15) is 5.26 Å². The third-order valence-corrected chi connectivity index (χ3v) is 4.85. The van der Waals surface area contributed by atoms with Gasteiger partial charge in [0, 0.05) is 17.3 Å². The minimum atomic E-state index is -0.321. The van der Waals surface area contributed by atoms with Gasteiger partial charge in [0.15, 0.2) is 0 Å². The van der Waals surface area contributed by atoms with Gasteiger partial charge >= 0.3 is 5.97 Å². The number of aromatic nitrogens is 1. The maximum atomic E-state index is 11.8. The summed E-state index contributed by atoms with van der Waals surface area (Å²) in [5, 5.41) is 15.6. The maximum Gasteiger partial charge on any atom is 0.348 e. The molecule has 0 atom stereocenters. The highest BCUT2D eigenvalue weighted by Crippen LogP contribution is 2.28. The summed E-state index contributed by atoms with van der Waals surface area (Å²) in [7, 11) is 0. The van der Waals surface area contributed by atoms with Crippen LogP contribution < -0.4 is 5.32 Å². The van der Waals surface area contributed by atoms with Crippen molar-refractivity contribution in [1.82, 2.24) is 4.98 Å². The number of allylic oxidation sites excluding steroid dienone is 1. The number of thiophene rings is 1. The van der Waals surface area contributed by atoms with E-state index in [0.717, 1.165) is 16.3 Å². The molecule has 1 N–H and O–H groups in total. The van der Waals surface area contributed by atoms with Gasteiger partial charge in [-0.25, -0.2) is 9.78 Å². The summed E-state index contributed by atoms with van der Waals surface area (Å²) in [4.78, 5) is 16.6. The molecular weight excluding hydrogens is 318 g/mol. The number of ether oxygens (including phenoxy) is 1. The number of hydrogen-bond acceptors (Lipinski definition) is 7. The van der Waals surface area contributed by atoms with Crippen LogP contribution in [0.3, 0.4) is 0 Å². The average molecular weight is 333 g/mol. The van der Waals surface area contributed by atoms with Crippen molar-refractivity contribution in [3.8, 4) is 6.07 Å². The molecule has 0 aliphatic heterocycles. The van der Waals surface area contributed by atoms with Crippen LogP contribution in [-0.2, 0) is 4.74 Å². The first-order valence-electron chi connectivity index (χ1n) is 6.62. The van der Waals surface area contributed by atoms with Crippen LogP contribution in [0.1, 0.15) is 32.9 Å². The first-order valence-corrected chi connectivity index (χ1v) is 8.31. The van der Waals surface area contributed by atoms with Crippen molar-refractivity contribution >= 4 is 39.2 Å². The summed E-state index contributed by atoms with van der Waals surface area (Å²) < 4.78 is 5.01. The van der Waals surface area contributed by atoms with Gasteiger partial charge in [-0.05, 0) is 32.4 Å². The quantitative estimate of drug-likeness (QED) is 0.662. The van der Waals surface area contributed by atoms with Crippen LogP contribution in [-0.4, -0.2) is 17.6 Å². The van der Waals surface area contributed by atoms with E-state index in [2.05, 4.69) is 16.4 Å². The standard InChI is InChI=1S/C15H15N3O2S2/c1-4-20-15(19)13-9(2)5-12(22-13)17-7-11(6-16)14-18-10(3)8-21-14/h5,7-8,17H,4H2,1-3H3/b11-7+. The van der Waals surface area contributed by atoms with Crippen LogP contribution in [0.2, 0.25) is 0 Å². The van der Waals surface area contributed by atoms with Crippen molar-refractivity contribution in [1.29, 1.82) is 5.26 Å². The van der Waals surface area contributed by atoms with E-state index in [1.807, 2.05) is 25.3 Å². The number of nitriles is 1. The van der Waals surface area contributed by atoms with Gasteiger partial charge in [0.05, 0.1) is 11.6 Å². The highest BCUT2D eigenvalue weighted by molar-refractivity contribution is 7.18. The zero-order chi connectivity index (χ0) is 16.1. The van der Waals surface area contributed by atoms with Crippen molar-refractivity contribution in [3.63, 3.8) is 0 Å². The topological polar surface area (TPSA) is 75.0 Å². The molecule has 0 aromatic carbocycles. The molecule has 0 unspecified atom stereocenters. The van der Waals surface area contributed by atoms with Crippen molar-refractivity contribution < 1.29 is 9.53 Å². The van der Waals surface area contributed by atoms with Gasteiger partial charge in [0.25, 0.3) is 0 Å². The predicted molar refractivity (Wildman–Crippen MR) is 89.1 cm³/mol.